The van der Waals surface area contributed by atoms with Crippen molar-refractivity contribution in [2.24, 2.45) is 0 Å². The van der Waals surface area contributed by atoms with Crippen LogP contribution in [-0.2, 0) is 0 Å². The van der Waals surface area contributed by atoms with Crippen molar-refractivity contribution in [3.8, 4) is 11.5 Å². The first-order chi connectivity index (χ1) is 13.9. The number of hydrogen-bond acceptors (Lipinski definition) is 4. The van der Waals surface area contributed by atoms with Crippen molar-refractivity contribution in [1.82, 2.24) is 0 Å². The lowest BCUT2D eigenvalue weighted by atomic mass is 10.1. The lowest BCUT2D eigenvalue weighted by Gasteiger charge is -2.06. The Hall–Kier alpha value is -2.79. The molecule has 1 heterocycles. The third-order valence-corrected chi connectivity index (χ3v) is 5.38. The van der Waals surface area contributed by atoms with Crippen LogP contribution >= 0.6 is 34.8 Å². The van der Waals surface area contributed by atoms with E-state index in [9.17, 15) is 9.59 Å². The molecule has 4 rings (SSSR count). The maximum Gasteiger partial charge on any atom is 0.345 e. The maximum atomic E-state index is 12.6. The number of carbonyl (C=O) groups is 2. The Morgan fingerprint density at radius 2 is 1.69 bits per heavy atom. The van der Waals surface area contributed by atoms with E-state index in [1.165, 1.54) is 24.3 Å². The fourth-order valence-corrected chi connectivity index (χ4v) is 3.37. The second-order valence-corrected chi connectivity index (χ2v) is 7.30. The Morgan fingerprint density at radius 1 is 0.931 bits per heavy atom. The molecule has 0 radical (unpaired) electrons. The lowest BCUT2D eigenvalue weighted by molar-refractivity contribution is 0.0734. The number of ether oxygens (including phenoxy) is 2. The Balaban J connectivity index is 1.59. The Bertz CT molecular complexity index is 1180. The first-order valence-corrected chi connectivity index (χ1v) is 9.56. The van der Waals surface area contributed by atoms with Gasteiger partial charge in [0.25, 0.3) is 0 Å². The van der Waals surface area contributed by atoms with Gasteiger partial charge in [-0.2, -0.15) is 0 Å². The number of fused-ring (bicyclic) bond motifs is 1. The van der Waals surface area contributed by atoms with Crippen LogP contribution in [0, 0.1) is 0 Å². The predicted octanol–water partition coefficient (Wildman–Crippen LogP) is 6.48. The summed E-state index contributed by atoms with van der Waals surface area (Å²) in [5, 5.41) is 0.981. The highest BCUT2D eigenvalue weighted by Crippen LogP contribution is 2.36. The molecule has 1 aliphatic rings. The molecule has 4 nitrogen and oxygen atoms in total. The summed E-state index contributed by atoms with van der Waals surface area (Å²) in [4.78, 5) is 24.9. The van der Waals surface area contributed by atoms with Crippen molar-refractivity contribution >= 4 is 52.6 Å². The first-order valence-electron chi connectivity index (χ1n) is 8.43. The van der Waals surface area contributed by atoms with Crippen molar-refractivity contribution < 1.29 is 19.1 Å². The molecule has 144 valence electrons. The summed E-state index contributed by atoms with van der Waals surface area (Å²) in [6.07, 6.45) is 1.52. The molecule has 0 fully saturated rings. The maximum absolute atomic E-state index is 12.6. The van der Waals surface area contributed by atoms with Gasteiger partial charge < -0.3 is 9.47 Å². The Morgan fingerprint density at radius 3 is 2.48 bits per heavy atom. The Labute approximate surface area is 181 Å². The minimum atomic E-state index is -0.610. The second kappa shape index (κ2) is 7.91. The molecule has 0 amide bonds. The van der Waals surface area contributed by atoms with Gasteiger partial charge in [-0.05, 0) is 42.0 Å². The molecule has 7 heteroatoms. The van der Waals surface area contributed by atoms with Crippen LogP contribution in [0.1, 0.15) is 26.3 Å². The number of halogens is 3. The number of hydrogen-bond donors (Lipinski definition) is 0. The van der Waals surface area contributed by atoms with E-state index in [1.54, 1.807) is 42.5 Å². The molecule has 3 aromatic rings. The van der Waals surface area contributed by atoms with Crippen LogP contribution < -0.4 is 9.47 Å². The molecule has 0 spiro atoms. The van der Waals surface area contributed by atoms with Crippen LogP contribution in [0.25, 0.3) is 6.08 Å². The molecule has 29 heavy (non-hydrogen) atoms. The monoisotopic (exact) mass is 444 g/mol. The van der Waals surface area contributed by atoms with Gasteiger partial charge in [0, 0.05) is 6.07 Å². The third kappa shape index (κ3) is 3.87. The molecule has 0 atom stereocenters. The van der Waals surface area contributed by atoms with Crippen LogP contribution in [0.2, 0.25) is 15.1 Å². The van der Waals surface area contributed by atoms with Crippen LogP contribution in [0.5, 0.6) is 11.5 Å². The topological polar surface area (TPSA) is 52.6 Å². The van der Waals surface area contributed by atoms with E-state index >= 15 is 0 Å². The molecular formula is C22H11Cl3O4. The number of allylic oxidation sites excluding steroid dienone is 1. The van der Waals surface area contributed by atoms with E-state index in [4.69, 9.17) is 44.3 Å². The van der Waals surface area contributed by atoms with Gasteiger partial charge in [0.2, 0.25) is 5.78 Å². The van der Waals surface area contributed by atoms with Crippen molar-refractivity contribution in [2.45, 2.75) is 0 Å². The summed E-state index contributed by atoms with van der Waals surface area (Å²) < 4.78 is 11.0. The summed E-state index contributed by atoms with van der Waals surface area (Å²) in [5.41, 5.74) is 1.15. The highest BCUT2D eigenvalue weighted by Gasteiger charge is 2.28. The number of ketones is 1. The van der Waals surface area contributed by atoms with Gasteiger partial charge in [-0.1, -0.05) is 59.1 Å². The zero-order valence-corrected chi connectivity index (χ0v) is 16.9. The van der Waals surface area contributed by atoms with E-state index in [0.29, 0.717) is 21.2 Å². The molecule has 0 unspecified atom stereocenters. The first kappa shape index (κ1) is 19.5. The minimum absolute atomic E-state index is 0.0961. The summed E-state index contributed by atoms with van der Waals surface area (Å²) in [7, 11) is 0. The molecule has 0 saturated carbocycles. The molecular weight excluding hydrogens is 435 g/mol. The van der Waals surface area contributed by atoms with Crippen molar-refractivity contribution in [3.63, 3.8) is 0 Å². The minimum Gasteiger partial charge on any atom is -0.452 e. The lowest BCUT2D eigenvalue weighted by Crippen LogP contribution is -2.09. The zero-order chi connectivity index (χ0) is 20.5. The van der Waals surface area contributed by atoms with Gasteiger partial charge in [0.1, 0.15) is 11.5 Å². The SMILES string of the molecule is O=C(Oc1ccc2c(c1)OC(=Cc1cccc(Cl)c1Cl)C2=O)c1ccccc1Cl. The average Bonchev–Trinajstić information content (AvgIpc) is 3.00. The predicted molar refractivity (Wildman–Crippen MR) is 112 cm³/mol. The fraction of sp³-hybridized carbons (Fsp3) is 0. The summed E-state index contributed by atoms with van der Waals surface area (Å²) in [6, 6.07) is 16.2. The summed E-state index contributed by atoms with van der Waals surface area (Å²) >= 11 is 18.2. The van der Waals surface area contributed by atoms with Crippen LogP contribution in [-0.4, -0.2) is 11.8 Å². The fourth-order valence-electron chi connectivity index (χ4n) is 2.79. The largest absolute Gasteiger partial charge is 0.452 e. The molecule has 1 aliphatic heterocycles. The molecule has 0 bridgehead atoms. The quantitative estimate of drug-likeness (QED) is 0.263. The molecule has 0 N–H and O–H groups in total. The normalized spacial score (nSPS) is 13.9. The van der Waals surface area contributed by atoms with Gasteiger partial charge in [0.15, 0.2) is 5.76 Å². The number of carbonyl (C=O) groups excluding carboxylic acids is 2. The van der Waals surface area contributed by atoms with Crippen molar-refractivity contribution in [1.29, 1.82) is 0 Å². The van der Waals surface area contributed by atoms with E-state index in [0.717, 1.165) is 0 Å². The molecule has 0 aromatic heterocycles. The van der Waals surface area contributed by atoms with Crippen LogP contribution in [0.15, 0.2) is 66.4 Å². The van der Waals surface area contributed by atoms with E-state index in [2.05, 4.69) is 0 Å². The standard InChI is InChI=1S/C22H11Cl3O4/c23-16-6-2-1-5-14(16)22(27)28-13-8-9-15-18(11-13)29-19(21(15)26)10-12-4-3-7-17(24)20(12)25/h1-11H. The number of rotatable bonds is 3. The van der Waals surface area contributed by atoms with Gasteiger partial charge in [-0.15, -0.1) is 0 Å². The molecule has 0 saturated heterocycles. The highest BCUT2D eigenvalue weighted by molar-refractivity contribution is 6.43. The summed E-state index contributed by atoms with van der Waals surface area (Å²) in [6.45, 7) is 0. The van der Waals surface area contributed by atoms with E-state index in [1.807, 2.05) is 0 Å². The van der Waals surface area contributed by atoms with E-state index in [-0.39, 0.29) is 33.6 Å². The summed E-state index contributed by atoms with van der Waals surface area (Å²) in [5.74, 6) is -0.313. The van der Waals surface area contributed by atoms with E-state index < -0.39 is 5.97 Å². The average molecular weight is 446 g/mol. The van der Waals surface area contributed by atoms with Crippen molar-refractivity contribution in [3.05, 3.63) is 98.2 Å². The van der Waals surface area contributed by atoms with Gasteiger partial charge in [-0.3, -0.25) is 4.79 Å². The van der Waals surface area contributed by atoms with Gasteiger partial charge in [0.05, 0.1) is 26.2 Å². The van der Waals surface area contributed by atoms with Crippen LogP contribution in [0.3, 0.4) is 0 Å². The third-order valence-electron chi connectivity index (χ3n) is 4.21. The molecule has 0 aliphatic carbocycles. The van der Waals surface area contributed by atoms with Crippen LogP contribution in [0.4, 0.5) is 0 Å². The number of esters is 1. The Kier molecular flexibility index (Phi) is 5.33. The smallest absolute Gasteiger partial charge is 0.345 e. The molecule has 3 aromatic carbocycles. The van der Waals surface area contributed by atoms with Gasteiger partial charge in [-0.25, -0.2) is 4.79 Å². The number of Topliss-reactive ketones (excluding diaryl/α,β-unsaturated/α-hetero) is 1. The highest BCUT2D eigenvalue weighted by atomic mass is 35.5. The number of benzene rings is 3. The van der Waals surface area contributed by atoms with Crippen molar-refractivity contribution in [2.75, 3.05) is 0 Å². The van der Waals surface area contributed by atoms with Gasteiger partial charge >= 0.3 is 5.97 Å². The zero-order valence-electron chi connectivity index (χ0n) is 14.6. The second-order valence-electron chi connectivity index (χ2n) is 6.11.